The number of hydrogen-bond acceptors (Lipinski definition) is 5. The summed E-state index contributed by atoms with van der Waals surface area (Å²) >= 11 is 0. The molecule has 124 valence electrons. The van der Waals surface area contributed by atoms with Gasteiger partial charge in [-0.15, -0.1) is 0 Å². The summed E-state index contributed by atoms with van der Waals surface area (Å²) in [5.41, 5.74) is 1.86. The highest BCUT2D eigenvalue weighted by Crippen LogP contribution is 2.46. The first-order valence-electron chi connectivity index (χ1n) is 7.28. The van der Waals surface area contributed by atoms with E-state index in [2.05, 4.69) is 0 Å². The van der Waals surface area contributed by atoms with Gasteiger partial charge in [0.05, 0.1) is 28.4 Å². The van der Waals surface area contributed by atoms with Gasteiger partial charge in [0, 0.05) is 5.56 Å². The summed E-state index contributed by atoms with van der Waals surface area (Å²) in [4.78, 5) is 0. The summed E-state index contributed by atoms with van der Waals surface area (Å²) in [5, 5.41) is 10.4. The van der Waals surface area contributed by atoms with E-state index in [4.69, 9.17) is 18.9 Å². The molecule has 0 aliphatic heterocycles. The van der Waals surface area contributed by atoms with Crippen LogP contribution in [0.5, 0.6) is 28.7 Å². The summed E-state index contributed by atoms with van der Waals surface area (Å²) in [6, 6.07) is 9.63. The van der Waals surface area contributed by atoms with Crippen molar-refractivity contribution < 1.29 is 24.1 Å². The van der Waals surface area contributed by atoms with Crippen LogP contribution >= 0.6 is 0 Å². The molecule has 23 heavy (non-hydrogen) atoms. The normalized spacial score (nSPS) is 10.3. The molecule has 0 aromatic heterocycles. The van der Waals surface area contributed by atoms with E-state index in [0.717, 1.165) is 23.3 Å². The van der Waals surface area contributed by atoms with Gasteiger partial charge in [0.2, 0.25) is 11.5 Å². The maximum Gasteiger partial charge on any atom is 0.207 e. The lowest BCUT2D eigenvalue weighted by molar-refractivity contribution is 0.309. The van der Waals surface area contributed by atoms with Gasteiger partial charge in [-0.3, -0.25) is 0 Å². The van der Waals surface area contributed by atoms with E-state index in [1.54, 1.807) is 20.3 Å². The van der Waals surface area contributed by atoms with Gasteiger partial charge in [0.25, 0.3) is 0 Å². The summed E-state index contributed by atoms with van der Waals surface area (Å²) in [5.74, 6) is 2.09. The van der Waals surface area contributed by atoms with Gasteiger partial charge in [-0.1, -0.05) is 12.1 Å². The number of hydrogen-bond donors (Lipinski definition) is 1. The van der Waals surface area contributed by atoms with Crippen molar-refractivity contribution >= 4 is 0 Å². The van der Waals surface area contributed by atoms with Crippen LogP contribution in [0.25, 0.3) is 0 Å². The van der Waals surface area contributed by atoms with E-state index in [0.29, 0.717) is 17.9 Å². The second-order valence-corrected chi connectivity index (χ2v) is 5.00. The molecule has 2 aromatic carbocycles. The fourth-order valence-corrected chi connectivity index (χ4v) is 2.49. The number of benzene rings is 2. The van der Waals surface area contributed by atoms with Crippen molar-refractivity contribution in [2.24, 2.45) is 0 Å². The van der Waals surface area contributed by atoms with Crippen LogP contribution in [0.1, 0.15) is 11.1 Å². The second-order valence-electron chi connectivity index (χ2n) is 5.00. The fraction of sp³-hybridized carbons (Fsp3) is 0.333. The van der Waals surface area contributed by atoms with E-state index in [9.17, 15) is 5.11 Å². The number of aromatic hydroxyl groups is 1. The number of phenols is 1. The SMILES string of the molecule is COc1cccc(CCc2cc(OC)c(OC)c(OC)c2O)c1. The van der Waals surface area contributed by atoms with Crippen LogP contribution in [-0.2, 0) is 12.8 Å². The minimum atomic E-state index is 0.0769. The molecule has 1 N–H and O–H groups in total. The minimum Gasteiger partial charge on any atom is -0.504 e. The molecule has 0 heterocycles. The molecule has 0 bridgehead atoms. The molecule has 0 unspecified atom stereocenters. The van der Waals surface area contributed by atoms with Gasteiger partial charge in [-0.05, 0) is 36.6 Å². The molecule has 0 fully saturated rings. The Kier molecular flexibility index (Phi) is 5.57. The zero-order valence-electron chi connectivity index (χ0n) is 13.9. The summed E-state index contributed by atoms with van der Waals surface area (Å²) in [6.07, 6.45) is 1.39. The number of methoxy groups -OCH3 is 4. The Morgan fingerprint density at radius 3 is 2.17 bits per heavy atom. The lowest BCUT2D eigenvalue weighted by Crippen LogP contribution is -1.99. The Hall–Kier alpha value is -2.56. The quantitative estimate of drug-likeness (QED) is 0.849. The molecule has 2 rings (SSSR count). The van der Waals surface area contributed by atoms with Crippen molar-refractivity contribution in [3.63, 3.8) is 0 Å². The monoisotopic (exact) mass is 318 g/mol. The van der Waals surface area contributed by atoms with Crippen molar-refractivity contribution in [1.82, 2.24) is 0 Å². The third kappa shape index (κ3) is 3.62. The minimum absolute atomic E-state index is 0.0769. The van der Waals surface area contributed by atoms with Crippen LogP contribution in [0, 0.1) is 0 Å². The van der Waals surface area contributed by atoms with E-state index in [-0.39, 0.29) is 11.5 Å². The molecular weight excluding hydrogens is 296 g/mol. The van der Waals surface area contributed by atoms with Gasteiger partial charge in [0.15, 0.2) is 11.5 Å². The molecule has 0 aliphatic rings. The number of aryl methyl sites for hydroxylation is 2. The number of phenolic OH excluding ortho intramolecular Hbond substituents is 1. The van der Waals surface area contributed by atoms with Gasteiger partial charge in [-0.2, -0.15) is 0 Å². The average Bonchev–Trinajstić information content (AvgIpc) is 2.60. The Morgan fingerprint density at radius 2 is 1.57 bits per heavy atom. The Balaban J connectivity index is 2.28. The van der Waals surface area contributed by atoms with Crippen LogP contribution < -0.4 is 18.9 Å². The van der Waals surface area contributed by atoms with E-state index in [1.165, 1.54) is 14.2 Å². The van der Waals surface area contributed by atoms with Gasteiger partial charge < -0.3 is 24.1 Å². The van der Waals surface area contributed by atoms with Crippen LogP contribution in [0.2, 0.25) is 0 Å². The predicted octanol–water partition coefficient (Wildman–Crippen LogP) is 3.21. The first-order valence-corrected chi connectivity index (χ1v) is 7.28. The standard InChI is InChI=1S/C18H22O5/c1-20-14-7-5-6-12(10-14)8-9-13-11-15(21-2)17(22-3)18(23-4)16(13)19/h5-7,10-11,19H,8-9H2,1-4H3. The summed E-state index contributed by atoms with van der Waals surface area (Å²) < 4.78 is 21.1. The van der Waals surface area contributed by atoms with Crippen molar-refractivity contribution in [2.45, 2.75) is 12.8 Å². The third-order valence-electron chi connectivity index (χ3n) is 3.70. The topological polar surface area (TPSA) is 57.2 Å². The van der Waals surface area contributed by atoms with Crippen LogP contribution in [0.3, 0.4) is 0 Å². The third-order valence-corrected chi connectivity index (χ3v) is 3.70. The lowest BCUT2D eigenvalue weighted by Gasteiger charge is -2.16. The Morgan fingerprint density at radius 1 is 0.826 bits per heavy atom. The molecule has 0 saturated carbocycles. The van der Waals surface area contributed by atoms with E-state index in [1.807, 2.05) is 24.3 Å². The van der Waals surface area contributed by atoms with Crippen molar-refractivity contribution in [1.29, 1.82) is 0 Å². The zero-order valence-corrected chi connectivity index (χ0v) is 13.9. The van der Waals surface area contributed by atoms with Crippen molar-refractivity contribution in [3.8, 4) is 28.7 Å². The summed E-state index contributed by atoms with van der Waals surface area (Å²) in [7, 11) is 6.20. The largest absolute Gasteiger partial charge is 0.504 e. The molecule has 0 aliphatic carbocycles. The second kappa shape index (κ2) is 7.63. The smallest absolute Gasteiger partial charge is 0.207 e. The molecule has 2 aromatic rings. The molecule has 0 amide bonds. The fourth-order valence-electron chi connectivity index (χ4n) is 2.49. The molecule has 0 atom stereocenters. The molecule has 5 heteroatoms. The highest BCUT2D eigenvalue weighted by atomic mass is 16.5. The zero-order chi connectivity index (χ0) is 16.8. The van der Waals surface area contributed by atoms with E-state index >= 15 is 0 Å². The molecule has 5 nitrogen and oxygen atoms in total. The van der Waals surface area contributed by atoms with Gasteiger partial charge in [-0.25, -0.2) is 0 Å². The van der Waals surface area contributed by atoms with Crippen molar-refractivity contribution in [2.75, 3.05) is 28.4 Å². The first kappa shape index (κ1) is 16.8. The molecule has 0 spiro atoms. The maximum atomic E-state index is 10.4. The van der Waals surface area contributed by atoms with E-state index < -0.39 is 0 Å². The average molecular weight is 318 g/mol. The number of rotatable bonds is 7. The Labute approximate surface area is 136 Å². The predicted molar refractivity (Wildman–Crippen MR) is 88.2 cm³/mol. The molecule has 0 radical (unpaired) electrons. The van der Waals surface area contributed by atoms with Crippen LogP contribution in [0.4, 0.5) is 0 Å². The van der Waals surface area contributed by atoms with Crippen molar-refractivity contribution in [3.05, 3.63) is 41.5 Å². The molecular formula is C18H22O5. The highest BCUT2D eigenvalue weighted by molar-refractivity contribution is 5.62. The van der Waals surface area contributed by atoms with Gasteiger partial charge >= 0.3 is 0 Å². The highest BCUT2D eigenvalue weighted by Gasteiger charge is 2.20. The Bertz CT molecular complexity index is 667. The van der Waals surface area contributed by atoms with Gasteiger partial charge in [0.1, 0.15) is 5.75 Å². The number of ether oxygens (including phenoxy) is 4. The maximum absolute atomic E-state index is 10.4. The van der Waals surface area contributed by atoms with Crippen LogP contribution in [0.15, 0.2) is 30.3 Å². The first-order chi connectivity index (χ1) is 11.1. The van der Waals surface area contributed by atoms with Crippen LogP contribution in [-0.4, -0.2) is 33.5 Å². The summed E-state index contributed by atoms with van der Waals surface area (Å²) in [6.45, 7) is 0. The lowest BCUT2D eigenvalue weighted by atomic mass is 10.0. The molecule has 0 saturated heterocycles.